The van der Waals surface area contributed by atoms with Gasteiger partial charge in [0.05, 0.1) is 0 Å². The van der Waals surface area contributed by atoms with Crippen molar-refractivity contribution in [1.29, 1.82) is 0 Å². The Balaban J connectivity index is 5.32. The summed E-state index contributed by atoms with van der Waals surface area (Å²) < 4.78 is 17.2. The van der Waals surface area contributed by atoms with E-state index >= 15 is 0 Å². The Morgan fingerprint density at radius 3 is 1.54 bits per heavy atom. The molecule has 0 heterocycles. The molecule has 0 N–H and O–H groups in total. The van der Waals surface area contributed by atoms with Gasteiger partial charge in [0, 0.05) is 0 Å². The normalized spacial score (nSPS) is 14.8. The van der Waals surface area contributed by atoms with Gasteiger partial charge in [-0.2, -0.15) is 0 Å². The van der Waals surface area contributed by atoms with Gasteiger partial charge < -0.3 is 0 Å². The van der Waals surface area contributed by atoms with E-state index in [1.165, 1.54) is 77.5 Å². The Morgan fingerprint density at radius 2 is 1.17 bits per heavy atom. The van der Waals surface area contributed by atoms with Gasteiger partial charge in [-0.25, -0.2) is 0 Å². The molecule has 0 aliphatic heterocycles. The van der Waals surface area contributed by atoms with Gasteiger partial charge in [-0.05, 0) is 0 Å². The predicted molar refractivity (Wildman–Crippen MR) is 110 cm³/mol. The molecule has 0 saturated heterocycles. The van der Waals surface area contributed by atoms with Crippen LogP contribution in [0.25, 0.3) is 0 Å². The molecular formula is C21H46O2Sn. The van der Waals surface area contributed by atoms with Gasteiger partial charge in [0.15, 0.2) is 0 Å². The van der Waals surface area contributed by atoms with E-state index in [0.717, 1.165) is 0 Å². The van der Waals surface area contributed by atoms with Crippen LogP contribution in [-0.4, -0.2) is 35.9 Å². The van der Waals surface area contributed by atoms with E-state index in [1.54, 1.807) is 7.11 Å². The Hall–Kier alpha value is 0.719. The second-order valence-electron chi connectivity index (χ2n) is 7.60. The van der Waals surface area contributed by atoms with Crippen molar-refractivity contribution in [3.05, 3.63) is 0 Å². The SMILES string of the molecule is CCCCC[CH](OC(C)OC)[Sn]([CH2]CCC)([CH2]CCC)[CH2]CCC. The summed E-state index contributed by atoms with van der Waals surface area (Å²) in [4.78, 5) is 0. The summed E-state index contributed by atoms with van der Waals surface area (Å²) in [6, 6.07) is 0. The van der Waals surface area contributed by atoms with E-state index < -0.39 is 18.4 Å². The Morgan fingerprint density at radius 1 is 0.708 bits per heavy atom. The third-order valence-corrected chi connectivity index (χ3v) is 22.2. The molecule has 0 spiro atoms. The Bertz CT molecular complexity index is 249. The zero-order valence-corrected chi connectivity index (χ0v) is 20.5. The van der Waals surface area contributed by atoms with E-state index in [9.17, 15) is 0 Å². The molecule has 2 nitrogen and oxygen atoms in total. The quantitative estimate of drug-likeness (QED) is 0.132. The fourth-order valence-corrected chi connectivity index (χ4v) is 21.5. The van der Waals surface area contributed by atoms with Crippen molar-refractivity contribution in [2.24, 2.45) is 0 Å². The van der Waals surface area contributed by atoms with Crippen LogP contribution in [0.5, 0.6) is 0 Å². The summed E-state index contributed by atoms with van der Waals surface area (Å²) in [7, 11) is 1.79. The zero-order chi connectivity index (χ0) is 18.3. The molecule has 0 rings (SSSR count). The molecule has 2 atom stereocenters. The van der Waals surface area contributed by atoms with E-state index in [4.69, 9.17) is 9.47 Å². The summed E-state index contributed by atoms with van der Waals surface area (Å²) in [6.07, 6.45) is 13.5. The van der Waals surface area contributed by atoms with Crippen LogP contribution >= 0.6 is 0 Å². The third-order valence-electron chi connectivity index (χ3n) is 5.53. The van der Waals surface area contributed by atoms with Crippen molar-refractivity contribution in [3.63, 3.8) is 0 Å². The summed E-state index contributed by atoms with van der Waals surface area (Å²) in [5.41, 5.74) is 0. The average molecular weight is 449 g/mol. The second-order valence-corrected chi connectivity index (χ2v) is 21.5. The maximum atomic E-state index is 6.57. The van der Waals surface area contributed by atoms with Gasteiger partial charge in [-0.15, -0.1) is 0 Å². The minimum atomic E-state index is -2.32. The van der Waals surface area contributed by atoms with Crippen LogP contribution in [0.3, 0.4) is 0 Å². The number of hydrogen-bond acceptors (Lipinski definition) is 2. The van der Waals surface area contributed by atoms with Gasteiger partial charge in [0.2, 0.25) is 0 Å². The van der Waals surface area contributed by atoms with Crippen molar-refractivity contribution in [2.75, 3.05) is 7.11 Å². The molecule has 0 aliphatic rings. The van der Waals surface area contributed by atoms with Crippen LogP contribution < -0.4 is 0 Å². The molecular weight excluding hydrogens is 403 g/mol. The number of rotatable bonds is 17. The van der Waals surface area contributed by atoms with Gasteiger partial charge in [-0.1, -0.05) is 0 Å². The number of ether oxygens (including phenoxy) is 2. The molecule has 3 heteroatoms. The predicted octanol–water partition coefficient (Wildman–Crippen LogP) is 7.33. The van der Waals surface area contributed by atoms with E-state index in [0.29, 0.717) is 4.12 Å². The van der Waals surface area contributed by atoms with E-state index in [2.05, 4.69) is 34.6 Å². The molecule has 24 heavy (non-hydrogen) atoms. The fraction of sp³-hybridized carbons (Fsp3) is 1.00. The average Bonchev–Trinajstić information content (AvgIpc) is 2.60. The topological polar surface area (TPSA) is 18.5 Å². The van der Waals surface area contributed by atoms with Crippen LogP contribution in [0.1, 0.15) is 98.8 Å². The standard InChI is InChI=1S/C9H19O2.3C4H9.Sn/c1-4-5-6-7-8-11-9(2)10-3;3*1-3-4-2;/h8-9H,4-7H2,1-3H3;3*1,3-4H2,2H3;. The van der Waals surface area contributed by atoms with Crippen molar-refractivity contribution in [2.45, 2.75) is 123 Å². The molecule has 0 aromatic heterocycles. The molecule has 0 saturated carbocycles. The number of unbranched alkanes of at least 4 members (excludes halogenated alkanes) is 5. The summed E-state index contributed by atoms with van der Waals surface area (Å²) in [5, 5.41) is 0. The summed E-state index contributed by atoms with van der Waals surface area (Å²) in [5.74, 6) is 0. The second kappa shape index (κ2) is 15.9. The number of methoxy groups -OCH3 is 1. The van der Waals surface area contributed by atoms with Crippen LogP contribution in [-0.2, 0) is 9.47 Å². The molecule has 146 valence electrons. The van der Waals surface area contributed by atoms with Crippen LogP contribution in [0.2, 0.25) is 13.3 Å². The van der Waals surface area contributed by atoms with Gasteiger partial charge in [0.25, 0.3) is 0 Å². The van der Waals surface area contributed by atoms with E-state index in [-0.39, 0.29) is 6.29 Å². The third kappa shape index (κ3) is 10.0. The van der Waals surface area contributed by atoms with Gasteiger partial charge >= 0.3 is 158 Å². The minimum absolute atomic E-state index is 0.0439. The first-order valence-electron chi connectivity index (χ1n) is 10.8. The molecule has 0 aliphatic carbocycles. The van der Waals surface area contributed by atoms with E-state index in [1.807, 2.05) is 0 Å². The molecule has 0 radical (unpaired) electrons. The van der Waals surface area contributed by atoms with Crippen molar-refractivity contribution in [3.8, 4) is 0 Å². The van der Waals surface area contributed by atoms with Crippen molar-refractivity contribution in [1.82, 2.24) is 0 Å². The molecule has 0 aromatic carbocycles. The Labute approximate surface area is 157 Å². The van der Waals surface area contributed by atoms with Crippen LogP contribution in [0.15, 0.2) is 0 Å². The van der Waals surface area contributed by atoms with Crippen molar-refractivity contribution >= 4 is 18.4 Å². The fourth-order valence-electron chi connectivity index (χ4n) is 3.83. The number of hydrogen-bond donors (Lipinski definition) is 0. The summed E-state index contributed by atoms with van der Waals surface area (Å²) in [6.45, 7) is 11.4. The molecule has 2 unspecified atom stereocenters. The zero-order valence-electron chi connectivity index (χ0n) is 17.7. The van der Waals surface area contributed by atoms with Crippen LogP contribution in [0, 0.1) is 0 Å². The molecule has 0 bridgehead atoms. The van der Waals surface area contributed by atoms with Crippen molar-refractivity contribution < 1.29 is 9.47 Å². The monoisotopic (exact) mass is 450 g/mol. The Kier molecular flexibility index (Phi) is 16.4. The molecule has 0 fully saturated rings. The van der Waals surface area contributed by atoms with Crippen LogP contribution in [0.4, 0.5) is 0 Å². The first-order chi connectivity index (χ1) is 11.6. The summed E-state index contributed by atoms with van der Waals surface area (Å²) >= 11 is -2.32. The molecule has 0 amide bonds. The van der Waals surface area contributed by atoms with Gasteiger partial charge in [-0.3, -0.25) is 0 Å². The first-order valence-corrected chi connectivity index (χ1v) is 18.5. The molecule has 0 aromatic rings. The van der Waals surface area contributed by atoms with Gasteiger partial charge in [0.1, 0.15) is 0 Å². The maximum absolute atomic E-state index is 6.57. The first kappa shape index (κ1) is 24.7.